The number of nitrogens with one attached hydrogen (secondary N) is 2. The summed E-state index contributed by atoms with van der Waals surface area (Å²) in [6, 6.07) is 7.67. The average molecular weight is 401 g/mol. The molecular formula is C19H27N7O3. The molecule has 29 heavy (non-hydrogen) atoms. The molecule has 0 radical (unpaired) electrons. The van der Waals surface area contributed by atoms with Crippen LogP contribution < -0.4 is 16.4 Å². The van der Waals surface area contributed by atoms with Crippen molar-refractivity contribution in [1.29, 1.82) is 0 Å². The van der Waals surface area contributed by atoms with E-state index in [2.05, 4.69) is 26.2 Å². The normalized spacial score (nSPS) is 20.1. The number of methoxy groups -OCH3 is 1. The van der Waals surface area contributed by atoms with E-state index in [9.17, 15) is 9.59 Å². The number of carbonyl (C=O) groups is 2. The summed E-state index contributed by atoms with van der Waals surface area (Å²) in [5.41, 5.74) is 7.67. The summed E-state index contributed by atoms with van der Waals surface area (Å²) < 4.78 is 6.19. The fourth-order valence-corrected chi connectivity index (χ4v) is 3.52. The second-order valence-corrected chi connectivity index (χ2v) is 7.29. The molecule has 0 aliphatic heterocycles. The number of benzene rings is 1. The zero-order valence-corrected chi connectivity index (χ0v) is 16.7. The average Bonchev–Trinajstić information content (AvgIpc) is 3.15. The van der Waals surface area contributed by atoms with Crippen LogP contribution in [-0.2, 0) is 20.9 Å². The smallest absolute Gasteiger partial charge is 0.327 e. The summed E-state index contributed by atoms with van der Waals surface area (Å²) >= 11 is 0. The number of aromatic nitrogens is 4. The van der Waals surface area contributed by atoms with Gasteiger partial charge in [0.1, 0.15) is 6.54 Å². The van der Waals surface area contributed by atoms with E-state index in [1.165, 1.54) is 18.7 Å². The molecule has 1 heterocycles. The number of anilines is 1. The largest absolute Gasteiger partial charge is 0.468 e. The van der Waals surface area contributed by atoms with Crippen LogP contribution in [0.3, 0.4) is 0 Å². The van der Waals surface area contributed by atoms with Crippen LogP contribution in [-0.4, -0.2) is 51.3 Å². The first kappa shape index (κ1) is 20.9. The quantitative estimate of drug-likeness (QED) is 0.578. The minimum absolute atomic E-state index is 0.0729. The van der Waals surface area contributed by atoms with Gasteiger partial charge in [-0.15, -0.1) is 5.10 Å². The second-order valence-electron chi connectivity index (χ2n) is 7.29. The predicted molar refractivity (Wildman–Crippen MR) is 106 cm³/mol. The lowest BCUT2D eigenvalue weighted by atomic mass is 9.90. The number of hydrogen-bond acceptors (Lipinski definition) is 8. The maximum atomic E-state index is 11.8. The van der Waals surface area contributed by atoms with E-state index >= 15 is 0 Å². The van der Waals surface area contributed by atoms with Gasteiger partial charge >= 0.3 is 5.97 Å². The van der Waals surface area contributed by atoms with Gasteiger partial charge in [-0.1, -0.05) is 12.1 Å². The van der Waals surface area contributed by atoms with Gasteiger partial charge in [-0.25, -0.2) is 4.68 Å². The standard InChI is InChI=1S/C19H27N7O3/c1-12(27)21-15-7-3-13(4-8-15)18(22-16-9-5-14(20)6-10-16)19-23-24-25-26(19)11-17(28)29-2/h3-4,7-8,14,16,18,22H,5-6,9-11,20H2,1-2H3,(H,21,27). The molecule has 10 heteroatoms. The molecule has 0 bridgehead atoms. The van der Waals surface area contributed by atoms with Crippen molar-refractivity contribution in [2.45, 2.75) is 57.3 Å². The third kappa shape index (κ3) is 5.58. The van der Waals surface area contributed by atoms with E-state index in [1.54, 1.807) is 0 Å². The summed E-state index contributed by atoms with van der Waals surface area (Å²) in [6.45, 7) is 1.39. The molecule has 156 valence electrons. The van der Waals surface area contributed by atoms with E-state index in [4.69, 9.17) is 10.5 Å². The fraction of sp³-hybridized carbons (Fsp3) is 0.526. The molecule has 0 spiro atoms. The Balaban J connectivity index is 1.87. The number of carbonyl (C=O) groups excluding carboxylic acids is 2. The number of tetrazole rings is 1. The van der Waals surface area contributed by atoms with Gasteiger partial charge in [0, 0.05) is 24.7 Å². The van der Waals surface area contributed by atoms with Crippen LogP contribution >= 0.6 is 0 Å². The van der Waals surface area contributed by atoms with Gasteiger partial charge in [0.05, 0.1) is 13.2 Å². The van der Waals surface area contributed by atoms with Gasteiger partial charge in [-0.05, 0) is 53.8 Å². The van der Waals surface area contributed by atoms with Crippen molar-refractivity contribution in [3.63, 3.8) is 0 Å². The molecule has 1 saturated carbocycles. The van der Waals surface area contributed by atoms with Crippen molar-refractivity contribution in [3.8, 4) is 0 Å². The summed E-state index contributed by atoms with van der Waals surface area (Å²) in [5, 5.41) is 18.3. The molecule has 4 N–H and O–H groups in total. The Morgan fingerprint density at radius 1 is 1.24 bits per heavy atom. The monoisotopic (exact) mass is 401 g/mol. The predicted octanol–water partition coefficient (Wildman–Crippen LogP) is 0.753. The number of rotatable bonds is 7. The molecule has 1 aromatic heterocycles. The van der Waals surface area contributed by atoms with Crippen LogP contribution in [0.4, 0.5) is 5.69 Å². The van der Waals surface area contributed by atoms with Crippen molar-refractivity contribution < 1.29 is 14.3 Å². The molecule has 1 atom stereocenters. The molecule has 0 saturated heterocycles. The fourth-order valence-electron chi connectivity index (χ4n) is 3.52. The zero-order valence-electron chi connectivity index (χ0n) is 16.7. The van der Waals surface area contributed by atoms with Crippen molar-refractivity contribution >= 4 is 17.6 Å². The van der Waals surface area contributed by atoms with Gasteiger partial charge in [0.2, 0.25) is 5.91 Å². The molecule has 10 nitrogen and oxygen atoms in total. The minimum Gasteiger partial charge on any atom is -0.468 e. The van der Waals surface area contributed by atoms with Crippen molar-refractivity contribution in [2.24, 2.45) is 5.73 Å². The van der Waals surface area contributed by atoms with Crippen LogP contribution in [0.2, 0.25) is 0 Å². The van der Waals surface area contributed by atoms with Crippen molar-refractivity contribution in [2.75, 3.05) is 12.4 Å². The Kier molecular flexibility index (Phi) is 6.89. The number of amides is 1. The number of esters is 1. The molecule has 3 rings (SSSR count). The lowest BCUT2D eigenvalue weighted by molar-refractivity contribution is -0.141. The molecule has 1 aliphatic carbocycles. The topological polar surface area (TPSA) is 137 Å². The maximum absolute atomic E-state index is 11.8. The lowest BCUT2D eigenvalue weighted by Gasteiger charge is -2.30. The summed E-state index contributed by atoms with van der Waals surface area (Å²) in [5.74, 6) is -0.0347. The Morgan fingerprint density at radius 3 is 2.55 bits per heavy atom. The molecular weight excluding hydrogens is 374 g/mol. The van der Waals surface area contributed by atoms with E-state index in [1.807, 2.05) is 24.3 Å². The number of hydrogen-bond donors (Lipinski definition) is 3. The van der Waals surface area contributed by atoms with Gasteiger partial charge in [0.15, 0.2) is 5.82 Å². The summed E-state index contributed by atoms with van der Waals surface area (Å²) in [7, 11) is 1.33. The number of ether oxygens (including phenoxy) is 1. The van der Waals surface area contributed by atoms with Gasteiger partial charge in [-0.2, -0.15) is 0 Å². The molecule has 1 aliphatic rings. The highest BCUT2D eigenvalue weighted by Gasteiger charge is 2.27. The van der Waals surface area contributed by atoms with Crippen molar-refractivity contribution in [1.82, 2.24) is 25.5 Å². The van der Waals surface area contributed by atoms with Crippen LogP contribution in [0.25, 0.3) is 0 Å². The maximum Gasteiger partial charge on any atom is 0.327 e. The first-order valence-electron chi connectivity index (χ1n) is 9.68. The SMILES string of the molecule is COC(=O)Cn1nnnc1C(NC1CCC(N)CC1)c1ccc(NC(C)=O)cc1. The Morgan fingerprint density at radius 2 is 1.93 bits per heavy atom. The van der Waals surface area contributed by atoms with Crippen LogP contribution in [0.5, 0.6) is 0 Å². The van der Waals surface area contributed by atoms with E-state index in [-0.39, 0.29) is 30.6 Å². The van der Waals surface area contributed by atoms with Crippen LogP contribution in [0.1, 0.15) is 50.0 Å². The van der Waals surface area contributed by atoms with Gasteiger partial charge in [-0.3, -0.25) is 9.59 Å². The third-order valence-corrected chi connectivity index (χ3v) is 5.06. The van der Waals surface area contributed by atoms with Crippen LogP contribution in [0.15, 0.2) is 24.3 Å². The molecule has 1 aromatic carbocycles. The lowest BCUT2D eigenvalue weighted by Crippen LogP contribution is -2.40. The molecule has 2 aromatic rings. The highest BCUT2D eigenvalue weighted by Crippen LogP contribution is 2.26. The molecule has 1 unspecified atom stereocenters. The highest BCUT2D eigenvalue weighted by atomic mass is 16.5. The first-order chi connectivity index (χ1) is 14.0. The minimum atomic E-state index is -0.429. The zero-order chi connectivity index (χ0) is 20.8. The van der Waals surface area contributed by atoms with Gasteiger partial charge in [0.25, 0.3) is 0 Å². The van der Waals surface area contributed by atoms with Gasteiger partial charge < -0.3 is 21.1 Å². The van der Waals surface area contributed by atoms with E-state index in [0.29, 0.717) is 11.5 Å². The second kappa shape index (κ2) is 9.57. The molecule has 1 fully saturated rings. The van der Waals surface area contributed by atoms with Crippen molar-refractivity contribution in [3.05, 3.63) is 35.7 Å². The summed E-state index contributed by atoms with van der Waals surface area (Å²) in [6.07, 6.45) is 3.83. The Labute approximate surface area is 169 Å². The number of nitrogens with two attached hydrogens (primary N) is 1. The Hall–Kier alpha value is -2.85. The third-order valence-electron chi connectivity index (χ3n) is 5.06. The number of nitrogens with zero attached hydrogens (tertiary/aromatic N) is 4. The van der Waals surface area contributed by atoms with E-state index in [0.717, 1.165) is 31.2 Å². The summed E-state index contributed by atoms with van der Waals surface area (Å²) in [4.78, 5) is 23.0. The highest BCUT2D eigenvalue weighted by molar-refractivity contribution is 5.88. The van der Waals surface area contributed by atoms with E-state index < -0.39 is 5.97 Å². The first-order valence-corrected chi connectivity index (χ1v) is 9.68. The molecule has 1 amide bonds. The van der Waals surface area contributed by atoms with Crippen LogP contribution in [0, 0.1) is 0 Å². The Bertz CT molecular complexity index is 829.